The fraction of sp³-hybridized carbons (Fsp3) is 0.917. The first kappa shape index (κ1) is 16.1. The van der Waals surface area contributed by atoms with Gasteiger partial charge in [0.05, 0.1) is 0 Å². The van der Waals surface area contributed by atoms with Crippen molar-refractivity contribution in [1.29, 1.82) is 0 Å². The van der Waals surface area contributed by atoms with Crippen molar-refractivity contribution in [2.75, 3.05) is 19.6 Å². The van der Waals surface area contributed by atoms with Crippen LogP contribution in [0.15, 0.2) is 0 Å². The smallest absolute Gasteiger partial charge is 0.444 e. The largest absolute Gasteiger partial charge is 0.457 e. The zero-order valence-electron chi connectivity index (χ0n) is 11.5. The Morgan fingerprint density at radius 3 is 2.53 bits per heavy atom. The van der Waals surface area contributed by atoms with Gasteiger partial charge in [0.2, 0.25) is 0 Å². The van der Waals surface area contributed by atoms with E-state index >= 15 is 0 Å². The van der Waals surface area contributed by atoms with E-state index in [2.05, 4.69) is 0 Å². The topological polar surface area (TPSA) is 41.6 Å². The summed E-state index contributed by atoms with van der Waals surface area (Å²) in [4.78, 5) is 13.3. The van der Waals surface area contributed by atoms with Crippen LogP contribution in [-0.4, -0.2) is 42.5 Å². The second-order valence-electron chi connectivity index (χ2n) is 5.81. The maximum absolute atomic E-state index is 12.1. The first-order valence-corrected chi connectivity index (χ1v) is 6.36. The van der Waals surface area contributed by atoms with Gasteiger partial charge in [-0.25, -0.2) is 10.1 Å². The van der Waals surface area contributed by atoms with Crippen LogP contribution in [0.5, 0.6) is 0 Å². The molecular formula is C12H21F3N2O2. The number of nitrogens with one attached hydrogen (secondary N) is 1. The predicted molar refractivity (Wildman–Crippen MR) is 64.6 cm³/mol. The van der Waals surface area contributed by atoms with Crippen molar-refractivity contribution in [3.63, 3.8) is 0 Å². The number of amides is 1. The van der Waals surface area contributed by atoms with Crippen LogP contribution in [-0.2, 0) is 4.74 Å². The van der Waals surface area contributed by atoms with Crippen LogP contribution >= 0.6 is 0 Å². The molecule has 0 aromatic carbocycles. The lowest BCUT2D eigenvalue weighted by atomic mass is 9.98. The van der Waals surface area contributed by atoms with E-state index in [9.17, 15) is 18.0 Å². The minimum absolute atomic E-state index is 0.164. The average Bonchev–Trinajstić information content (AvgIpc) is 2.23. The number of piperidine rings is 1. The van der Waals surface area contributed by atoms with Crippen molar-refractivity contribution in [2.45, 2.75) is 45.5 Å². The number of nitrogens with zero attached hydrogens (tertiary/aromatic N) is 1. The van der Waals surface area contributed by atoms with Crippen LogP contribution in [0.1, 0.15) is 33.6 Å². The highest BCUT2D eigenvalue weighted by Crippen LogP contribution is 2.20. The van der Waals surface area contributed by atoms with Gasteiger partial charge in [-0.3, -0.25) is 0 Å². The highest BCUT2D eigenvalue weighted by Gasteiger charge is 2.31. The summed E-state index contributed by atoms with van der Waals surface area (Å²) in [6.07, 6.45) is -3.44. The molecule has 0 radical (unpaired) electrons. The molecule has 1 fully saturated rings. The molecule has 0 aromatic heterocycles. The van der Waals surface area contributed by atoms with Gasteiger partial charge in [0.25, 0.3) is 0 Å². The van der Waals surface area contributed by atoms with Gasteiger partial charge in [0, 0.05) is 19.6 Å². The van der Waals surface area contributed by atoms with Crippen molar-refractivity contribution in [3.05, 3.63) is 0 Å². The molecule has 112 valence electrons. The highest BCUT2D eigenvalue weighted by molar-refractivity contribution is 5.68. The number of hydrogen-bond donors (Lipinski definition) is 1. The van der Waals surface area contributed by atoms with Gasteiger partial charge in [-0.05, 0) is 39.5 Å². The zero-order chi connectivity index (χ0) is 14.7. The third kappa shape index (κ3) is 6.66. The van der Waals surface area contributed by atoms with E-state index in [0.29, 0.717) is 25.9 Å². The Hall–Kier alpha value is -0.980. The molecule has 0 bridgehead atoms. The predicted octanol–water partition coefficient (Wildman–Crippen LogP) is 2.74. The van der Waals surface area contributed by atoms with Crippen LogP contribution in [0.2, 0.25) is 0 Å². The van der Waals surface area contributed by atoms with E-state index in [-0.39, 0.29) is 12.5 Å². The molecule has 0 aromatic rings. The Kier molecular flexibility index (Phi) is 5.06. The summed E-state index contributed by atoms with van der Waals surface area (Å²) in [6.45, 7) is 5.96. The van der Waals surface area contributed by atoms with E-state index in [0.717, 1.165) is 0 Å². The van der Waals surface area contributed by atoms with Gasteiger partial charge >= 0.3 is 12.4 Å². The summed E-state index contributed by atoms with van der Waals surface area (Å²) >= 11 is 0. The normalized spacial score (nSPS) is 21.4. The van der Waals surface area contributed by atoms with E-state index in [1.165, 1.54) is 10.2 Å². The summed E-state index contributed by atoms with van der Waals surface area (Å²) in [5.41, 5.74) is -0.589. The number of rotatable bonds is 2. The summed E-state index contributed by atoms with van der Waals surface area (Å²) in [7, 11) is 0. The lowest BCUT2D eigenvalue weighted by Crippen LogP contribution is -2.46. The van der Waals surface area contributed by atoms with Crippen molar-refractivity contribution >= 4 is 6.09 Å². The highest BCUT2D eigenvalue weighted by atomic mass is 19.4. The van der Waals surface area contributed by atoms with Crippen molar-refractivity contribution in [1.82, 2.24) is 10.2 Å². The Bertz CT molecular complexity index is 313. The summed E-state index contributed by atoms with van der Waals surface area (Å²) in [5, 5.41) is 1.52. The Morgan fingerprint density at radius 1 is 1.37 bits per heavy atom. The molecule has 1 N–H and O–H groups in total. The van der Waals surface area contributed by atoms with E-state index in [4.69, 9.17) is 4.74 Å². The summed E-state index contributed by atoms with van der Waals surface area (Å²) in [6, 6.07) is 0. The van der Waals surface area contributed by atoms with Gasteiger partial charge in [0.15, 0.2) is 0 Å². The Morgan fingerprint density at radius 2 is 2.00 bits per heavy atom. The van der Waals surface area contributed by atoms with E-state index in [1.54, 1.807) is 20.8 Å². The van der Waals surface area contributed by atoms with Gasteiger partial charge in [0.1, 0.15) is 5.60 Å². The molecular weight excluding hydrogens is 261 g/mol. The molecule has 4 nitrogen and oxygen atoms in total. The minimum Gasteiger partial charge on any atom is -0.444 e. The minimum atomic E-state index is -4.37. The first-order chi connectivity index (χ1) is 8.57. The molecule has 7 heteroatoms. The molecule has 0 unspecified atom stereocenters. The lowest BCUT2D eigenvalue weighted by molar-refractivity contribution is -0.159. The first-order valence-electron chi connectivity index (χ1n) is 6.36. The average molecular weight is 282 g/mol. The molecule has 1 heterocycles. The van der Waals surface area contributed by atoms with E-state index in [1.807, 2.05) is 0 Å². The van der Waals surface area contributed by atoms with Gasteiger partial charge < -0.3 is 9.64 Å². The molecule has 1 amide bonds. The van der Waals surface area contributed by atoms with Crippen LogP contribution in [0.4, 0.5) is 18.0 Å². The zero-order valence-corrected chi connectivity index (χ0v) is 11.5. The molecule has 1 aliphatic rings. The second-order valence-corrected chi connectivity index (χ2v) is 5.81. The van der Waals surface area contributed by atoms with Crippen LogP contribution in [0, 0.1) is 5.92 Å². The van der Waals surface area contributed by atoms with Gasteiger partial charge in [-0.2, -0.15) is 13.2 Å². The van der Waals surface area contributed by atoms with Gasteiger partial charge in [-0.15, -0.1) is 0 Å². The Balaban J connectivity index is 2.44. The molecule has 0 spiro atoms. The molecule has 1 saturated heterocycles. The molecule has 1 rings (SSSR count). The van der Waals surface area contributed by atoms with Crippen LogP contribution < -0.4 is 5.32 Å². The van der Waals surface area contributed by atoms with Crippen LogP contribution in [0.25, 0.3) is 0 Å². The molecule has 0 saturated carbocycles. The molecule has 0 aliphatic carbocycles. The van der Waals surface area contributed by atoms with Crippen molar-refractivity contribution in [3.8, 4) is 0 Å². The maximum atomic E-state index is 12.1. The second kappa shape index (κ2) is 5.98. The maximum Gasteiger partial charge on any atom is 0.457 e. The monoisotopic (exact) mass is 282 g/mol. The van der Waals surface area contributed by atoms with Crippen LogP contribution in [0.3, 0.4) is 0 Å². The number of likely N-dealkylation sites (tertiary alicyclic amines) is 1. The number of hydrogen-bond acceptors (Lipinski definition) is 3. The fourth-order valence-electron chi connectivity index (χ4n) is 1.98. The lowest BCUT2D eigenvalue weighted by Gasteiger charge is -2.34. The third-order valence-corrected chi connectivity index (χ3v) is 2.76. The summed E-state index contributed by atoms with van der Waals surface area (Å²) in [5.74, 6) is -0.192. The number of carbonyl (C=O) groups is 1. The standard InChI is InChI=1S/C12H21F3N2O2/c1-11(2,3)19-10(18)17-6-4-5-9(8-17)7-16-12(13,14)15/h9,16H,4-8H2,1-3H3/t9-/m1/s1. The SMILES string of the molecule is CC(C)(C)OC(=O)N1CCC[C@H](CNC(F)(F)F)C1. The number of alkyl halides is 3. The van der Waals surface area contributed by atoms with Gasteiger partial charge in [-0.1, -0.05) is 0 Å². The number of ether oxygens (including phenoxy) is 1. The summed E-state index contributed by atoms with van der Waals surface area (Å²) < 4.78 is 41.4. The fourth-order valence-corrected chi connectivity index (χ4v) is 1.98. The Labute approximate surface area is 111 Å². The number of halogens is 3. The molecule has 1 aliphatic heterocycles. The molecule has 1 atom stereocenters. The quantitative estimate of drug-likeness (QED) is 0.792. The van der Waals surface area contributed by atoms with Crippen molar-refractivity contribution < 1.29 is 22.7 Å². The third-order valence-electron chi connectivity index (χ3n) is 2.76. The molecule has 19 heavy (non-hydrogen) atoms. The van der Waals surface area contributed by atoms with E-state index < -0.39 is 18.0 Å². The van der Waals surface area contributed by atoms with Crippen molar-refractivity contribution in [2.24, 2.45) is 5.92 Å². The number of carbonyl (C=O) groups excluding carboxylic acids is 1.